The second-order valence-corrected chi connectivity index (χ2v) is 10.3. The molecule has 1 aliphatic heterocycles. The van der Waals surface area contributed by atoms with E-state index in [0.717, 1.165) is 16.3 Å². The first-order valence-corrected chi connectivity index (χ1v) is 13.1. The average Bonchev–Trinajstić information content (AvgIpc) is 2.84. The lowest BCUT2D eigenvalue weighted by atomic mass is 10.0. The number of fused-ring (bicyclic) bond motifs is 1. The Kier molecular flexibility index (Phi) is 7.50. The number of ether oxygens (including phenoxy) is 1. The Morgan fingerprint density at radius 2 is 1.68 bits per heavy atom. The maximum Gasteiger partial charge on any atom is 0.255 e. The Labute approximate surface area is 201 Å². The normalized spacial score (nSPS) is 15.4. The molecule has 34 heavy (non-hydrogen) atoms. The summed E-state index contributed by atoms with van der Waals surface area (Å²) in [5, 5.41) is 4.87. The fraction of sp³-hybridized carbons (Fsp3) is 0.346. The zero-order valence-electron chi connectivity index (χ0n) is 19.7. The molecule has 0 aliphatic carbocycles. The van der Waals surface area contributed by atoms with Crippen molar-refractivity contribution in [3.8, 4) is 5.75 Å². The monoisotopic (exact) mass is 481 g/mol. The lowest BCUT2D eigenvalue weighted by molar-refractivity contribution is 0.0943. The zero-order chi connectivity index (χ0) is 24.1. The van der Waals surface area contributed by atoms with Crippen LogP contribution in [0.25, 0.3) is 10.8 Å². The first-order chi connectivity index (χ1) is 16.4. The van der Waals surface area contributed by atoms with Gasteiger partial charge >= 0.3 is 0 Å². The van der Waals surface area contributed by atoms with Crippen molar-refractivity contribution in [2.75, 3.05) is 45.9 Å². The summed E-state index contributed by atoms with van der Waals surface area (Å²) < 4.78 is 33.0. The van der Waals surface area contributed by atoms with Crippen LogP contribution in [0, 0.1) is 6.92 Å². The summed E-state index contributed by atoms with van der Waals surface area (Å²) in [6, 6.07) is 18.5. The van der Waals surface area contributed by atoms with Gasteiger partial charge in [-0.3, -0.25) is 9.69 Å². The molecule has 0 bridgehead atoms. The third-order valence-electron chi connectivity index (χ3n) is 6.12. The molecule has 0 atom stereocenters. The van der Waals surface area contributed by atoms with Crippen molar-refractivity contribution in [1.29, 1.82) is 0 Å². The minimum Gasteiger partial charge on any atom is -0.493 e. The number of carbonyl (C=O) groups excluding carboxylic acids is 1. The van der Waals surface area contributed by atoms with Gasteiger partial charge in [-0.15, -0.1) is 0 Å². The molecule has 0 radical (unpaired) electrons. The quantitative estimate of drug-likeness (QED) is 0.534. The summed E-state index contributed by atoms with van der Waals surface area (Å²) in [6.07, 6.45) is 0. The van der Waals surface area contributed by atoms with Gasteiger partial charge in [-0.2, -0.15) is 4.31 Å². The molecule has 0 spiro atoms. The average molecular weight is 482 g/mol. The summed E-state index contributed by atoms with van der Waals surface area (Å²) in [4.78, 5) is 15.6. The largest absolute Gasteiger partial charge is 0.493 e. The van der Waals surface area contributed by atoms with Gasteiger partial charge < -0.3 is 10.1 Å². The molecule has 7 nitrogen and oxygen atoms in total. The topological polar surface area (TPSA) is 79.0 Å². The van der Waals surface area contributed by atoms with Crippen molar-refractivity contribution in [2.45, 2.75) is 18.7 Å². The molecule has 1 N–H and O–H groups in total. The number of sulfonamides is 1. The highest BCUT2D eigenvalue weighted by atomic mass is 32.2. The Morgan fingerprint density at radius 1 is 0.971 bits per heavy atom. The molecule has 1 aliphatic rings. The van der Waals surface area contributed by atoms with Gasteiger partial charge in [0, 0.05) is 39.3 Å². The van der Waals surface area contributed by atoms with Crippen LogP contribution in [0.1, 0.15) is 22.8 Å². The van der Waals surface area contributed by atoms with Crippen LogP contribution < -0.4 is 10.1 Å². The molecular formula is C26H31N3O4S. The summed E-state index contributed by atoms with van der Waals surface area (Å²) in [7, 11) is -3.48. The highest BCUT2D eigenvalue weighted by Crippen LogP contribution is 2.28. The van der Waals surface area contributed by atoms with Crippen LogP contribution in [0.4, 0.5) is 0 Å². The fourth-order valence-electron chi connectivity index (χ4n) is 4.23. The number of amides is 1. The summed E-state index contributed by atoms with van der Waals surface area (Å²) in [5.41, 5.74) is 1.58. The van der Waals surface area contributed by atoms with Gasteiger partial charge in [-0.25, -0.2) is 8.42 Å². The maximum atomic E-state index is 13.1. The first kappa shape index (κ1) is 24.2. The maximum absolute atomic E-state index is 13.1. The van der Waals surface area contributed by atoms with Crippen LogP contribution in [0.5, 0.6) is 5.75 Å². The van der Waals surface area contributed by atoms with E-state index in [2.05, 4.69) is 10.2 Å². The second-order valence-electron chi connectivity index (χ2n) is 8.41. The lowest BCUT2D eigenvalue weighted by Gasteiger charge is -2.34. The molecule has 0 unspecified atom stereocenters. The Balaban J connectivity index is 1.33. The SMILES string of the molecule is CCOc1ccc2ccccc2c1C(=O)NCCN1CCN(S(=O)(=O)c2ccc(C)cc2)CC1. The molecule has 3 aromatic carbocycles. The number of rotatable bonds is 8. The molecule has 1 amide bonds. The van der Waals surface area contributed by atoms with Crippen molar-refractivity contribution >= 4 is 26.7 Å². The number of benzene rings is 3. The molecule has 180 valence electrons. The second kappa shape index (κ2) is 10.5. The fourth-order valence-corrected chi connectivity index (χ4v) is 5.65. The first-order valence-electron chi connectivity index (χ1n) is 11.6. The van der Waals surface area contributed by atoms with Crippen LogP contribution in [0.2, 0.25) is 0 Å². The predicted octanol–water partition coefficient (Wildman–Crippen LogP) is 3.28. The highest BCUT2D eigenvalue weighted by Gasteiger charge is 2.28. The van der Waals surface area contributed by atoms with Gasteiger partial charge in [-0.05, 0) is 42.8 Å². The molecule has 3 aromatic rings. The van der Waals surface area contributed by atoms with Crippen LogP contribution >= 0.6 is 0 Å². The van der Waals surface area contributed by atoms with E-state index >= 15 is 0 Å². The molecule has 1 fully saturated rings. The smallest absolute Gasteiger partial charge is 0.255 e. The number of carbonyl (C=O) groups is 1. The number of nitrogens with one attached hydrogen (secondary N) is 1. The van der Waals surface area contributed by atoms with Gasteiger partial charge in [0.25, 0.3) is 5.91 Å². The third-order valence-corrected chi connectivity index (χ3v) is 8.03. The molecule has 1 heterocycles. The van der Waals surface area contributed by atoms with Gasteiger partial charge in [-0.1, -0.05) is 48.0 Å². The van der Waals surface area contributed by atoms with E-state index in [9.17, 15) is 13.2 Å². The van der Waals surface area contributed by atoms with Gasteiger partial charge in [0.05, 0.1) is 17.1 Å². The van der Waals surface area contributed by atoms with Crippen molar-refractivity contribution < 1.29 is 17.9 Å². The number of aryl methyl sites for hydroxylation is 1. The van der Waals surface area contributed by atoms with Crippen molar-refractivity contribution in [3.63, 3.8) is 0 Å². The van der Waals surface area contributed by atoms with E-state index in [1.807, 2.05) is 62.4 Å². The van der Waals surface area contributed by atoms with E-state index in [0.29, 0.717) is 62.1 Å². The third kappa shape index (κ3) is 5.24. The van der Waals surface area contributed by atoms with Gasteiger partial charge in [0.1, 0.15) is 5.75 Å². The van der Waals surface area contributed by atoms with Gasteiger partial charge in [0.2, 0.25) is 10.0 Å². The molecule has 0 aromatic heterocycles. The van der Waals surface area contributed by atoms with Gasteiger partial charge in [0.15, 0.2) is 0 Å². The minimum absolute atomic E-state index is 0.166. The van der Waals surface area contributed by atoms with Crippen molar-refractivity contribution in [1.82, 2.24) is 14.5 Å². The summed E-state index contributed by atoms with van der Waals surface area (Å²) in [6.45, 7) is 7.55. The van der Waals surface area contributed by atoms with Crippen LogP contribution in [-0.4, -0.2) is 69.4 Å². The number of hydrogen-bond acceptors (Lipinski definition) is 5. The van der Waals surface area contributed by atoms with Crippen molar-refractivity contribution in [2.24, 2.45) is 0 Å². The Hall–Kier alpha value is -2.94. The number of nitrogens with zero attached hydrogens (tertiary/aromatic N) is 2. The van der Waals surface area contributed by atoms with Crippen LogP contribution in [0.15, 0.2) is 65.6 Å². The summed E-state index contributed by atoms with van der Waals surface area (Å²) >= 11 is 0. The van der Waals surface area contributed by atoms with E-state index in [4.69, 9.17) is 4.74 Å². The molecule has 1 saturated heterocycles. The van der Waals surface area contributed by atoms with E-state index in [1.54, 1.807) is 12.1 Å². The predicted molar refractivity (Wildman–Crippen MR) is 134 cm³/mol. The minimum atomic E-state index is -3.48. The Morgan fingerprint density at radius 3 is 2.38 bits per heavy atom. The number of hydrogen-bond donors (Lipinski definition) is 1. The summed E-state index contributed by atoms with van der Waals surface area (Å²) in [5.74, 6) is 0.412. The Bertz CT molecular complexity index is 1250. The van der Waals surface area contributed by atoms with Crippen LogP contribution in [-0.2, 0) is 10.0 Å². The lowest BCUT2D eigenvalue weighted by Crippen LogP contribution is -2.50. The number of piperazine rings is 1. The van der Waals surface area contributed by atoms with E-state index in [1.165, 1.54) is 4.31 Å². The zero-order valence-corrected chi connectivity index (χ0v) is 20.5. The molecule has 0 saturated carbocycles. The van der Waals surface area contributed by atoms with Crippen molar-refractivity contribution in [3.05, 3.63) is 71.8 Å². The van der Waals surface area contributed by atoms with Crippen LogP contribution in [0.3, 0.4) is 0 Å². The standard InChI is InChI=1S/C26H31N3O4S/c1-3-33-24-13-10-21-6-4-5-7-23(21)25(24)26(30)27-14-15-28-16-18-29(19-17-28)34(31,32)22-11-8-20(2)9-12-22/h4-13H,3,14-19H2,1-2H3,(H,27,30). The highest BCUT2D eigenvalue weighted by molar-refractivity contribution is 7.89. The molecule has 8 heteroatoms. The molecular weight excluding hydrogens is 450 g/mol. The van der Waals surface area contributed by atoms with E-state index in [-0.39, 0.29) is 5.91 Å². The molecule has 4 rings (SSSR count). The van der Waals surface area contributed by atoms with E-state index < -0.39 is 10.0 Å².